The van der Waals surface area contributed by atoms with E-state index >= 15 is 0 Å². The van der Waals surface area contributed by atoms with E-state index in [9.17, 15) is 9.59 Å². The lowest BCUT2D eigenvalue weighted by Crippen LogP contribution is -2.36. The minimum Gasteiger partial charge on any atom is -0.478 e. The zero-order chi connectivity index (χ0) is 12.7. The Bertz CT molecular complexity index is 324. The molecule has 1 N–H and O–H groups in total. The Morgan fingerprint density at radius 1 is 1.24 bits per heavy atom. The van der Waals surface area contributed by atoms with Gasteiger partial charge in [-0.25, -0.2) is 9.59 Å². The molecular weight excluding hydrogens is 220 g/mol. The standard InChI is InChI=1S/C13H18O4/c1-2-8-13(9-4-3-5-10-13)17-12(16)7-6-11(14)15/h2,6-7H,1,3-5,8-10H2,(H,14,15)/b7-6-. The van der Waals surface area contributed by atoms with Gasteiger partial charge in [0.25, 0.3) is 0 Å². The Kier molecular flexibility index (Phi) is 4.94. The molecule has 17 heavy (non-hydrogen) atoms. The van der Waals surface area contributed by atoms with Crippen molar-refractivity contribution in [3.63, 3.8) is 0 Å². The number of carbonyl (C=O) groups excluding carboxylic acids is 1. The Labute approximate surface area is 101 Å². The summed E-state index contributed by atoms with van der Waals surface area (Å²) in [4.78, 5) is 21.8. The van der Waals surface area contributed by atoms with Gasteiger partial charge in [0, 0.05) is 18.6 Å². The molecule has 0 spiro atoms. The molecule has 0 unspecified atom stereocenters. The van der Waals surface area contributed by atoms with Crippen LogP contribution in [0, 0.1) is 0 Å². The van der Waals surface area contributed by atoms with Gasteiger partial charge in [-0.2, -0.15) is 0 Å². The minimum atomic E-state index is -1.15. The normalized spacial score (nSPS) is 18.8. The highest BCUT2D eigenvalue weighted by molar-refractivity contribution is 5.90. The van der Waals surface area contributed by atoms with Crippen molar-refractivity contribution in [1.29, 1.82) is 0 Å². The number of carbonyl (C=O) groups is 2. The van der Waals surface area contributed by atoms with Crippen LogP contribution in [0.3, 0.4) is 0 Å². The molecule has 0 aromatic carbocycles. The molecule has 0 heterocycles. The topological polar surface area (TPSA) is 63.6 Å². The van der Waals surface area contributed by atoms with E-state index in [0.29, 0.717) is 6.42 Å². The second-order valence-electron chi connectivity index (χ2n) is 4.33. The lowest BCUT2D eigenvalue weighted by atomic mass is 9.82. The van der Waals surface area contributed by atoms with Crippen molar-refractivity contribution in [3.05, 3.63) is 24.8 Å². The van der Waals surface area contributed by atoms with Crippen molar-refractivity contribution < 1.29 is 19.4 Å². The van der Waals surface area contributed by atoms with Crippen LogP contribution in [0.15, 0.2) is 24.8 Å². The first kappa shape index (κ1) is 13.5. The van der Waals surface area contributed by atoms with E-state index in [1.165, 1.54) is 0 Å². The fourth-order valence-electron chi connectivity index (χ4n) is 2.19. The molecule has 0 amide bonds. The van der Waals surface area contributed by atoms with Crippen molar-refractivity contribution in [2.45, 2.75) is 44.1 Å². The third-order valence-electron chi connectivity index (χ3n) is 2.96. The van der Waals surface area contributed by atoms with Crippen LogP contribution in [0.5, 0.6) is 0 Å². The molecule has 0 aromatic heterocycles. The molecule has 1 saturated carbocycles. The molecule has 1 rings (SSSR count). The Hall–Kier alpha value is -1.58. The third kappa shape index (κ3) is 4.43. The predicted octanol–water partition coefficient (Wildman–Crippen LogP) is 2.45. The molecule has 0 aliphatic heterocycles. The van der Waals surface area contributed by atoms with Gasteiger partial charge in [-0.3, -0.25) is 0 Å². The summed E-state index contributed by atoms with van der Waals surface area (Å²) in [5, 5.41) is 8.43. The summed E-state index contributed by atoms with van der Waals surface area (Å²) in [6.45, 7) is 3.68. The zero-order valence-corrected chi connectivity index (χ0v) is 9.85. The monoisotopic (exact) mass is 238 g/mol. The van der Waals surface area contributed by atoms with Crippen LogP contribution in [0.4, 0.5) is 0 Å². The van der Waals surface area contributed by atoms with Gasteiger partial charge in [-0.05, 0) is 25.7 Å². The van der Waals surface area contributed by atoms with E-state index in [2.05, 4.69) is 6.58 Å². The van der Waals surface area contributed by atoms with Crippen LogP contribution in [0.2, 0.25) is 0 Å². The van der Waals surface area contributed by atoms with E-state index < -0.39 is 17.5 Å². The van der Waals surface area contributed by atoms with E-state index in [4.69, 9.17) is 9.84 Å². The summed E-state index contributed by atoms with van der Waals surface area (Å²) >= 11 is 0. The van der Waals surface area contributed by atoms with E-state index in [1.807, 2.05) is 0 Å². The molecule has 1 aliphatic rings. The second kappa shape index (κ2) is 6.23. The number of carboxylic acids is 1. The molecule has 1 fully saturated rings. The quantitative estimate of drug-likeness (QED) is 0.454. The molecule has 94 valence electrons. The van der Waals surface area contributed by atoms with Crippen LogP contribution < -0.4 is 0 Å². The van der Waals surface area contributed by atoms with E-state index in [0.717, 1.165) is 44.3 Å². The number of aliphatic carboxylic acids is 1. The number of ether oxygens (including phenoxy) is 1. The van der Waals surface area contributed by atoms with Gasteiger partial charge < -0.3 is 9.84 Å². The number of hydrogen-bond donors (Lipinski definition) is 1. The maximum atomic E-state index is 11.5. The second-order valence-corrected chi connectivity index (χ2v) is 4.33. The maximum Gasteiger partial charge on any atom is 0.331 e. The molecule has 0 bridgehead atoms. The average molecular weight is 238 g/mol. The SMILES string of the molecule is C=CCC1(OC(=O)/C=C\C(=O)O)CCCCC1. The van der Waals surface area contributed by atoms with Gasteiger partial charge in [-0.15, -0.1) is 6.58 Å². The van der Waals surface area contributed by atoms with Gasteiger partial charge >= 0.3 is 11.9 Å². The van der Waals surface area contributed by atoms with Crippen LogP contribution in [-0.2, 0) is 14.3 Å². The maximum absolute atomic E-state index is 11.5. The van der Waals surface area contributed by atoms with Crippen molar-refractivity contribution in [3.8, 4) is 0 Å². The smallest absolute Gasteiger partial charge is 0.331 e. The van der Waals surface area contributed by atoms with Crippen LogP contribution in [0.1, 0.15) is 38.5 Å². The molecular formula is C13H18O4. The van der Waals surface area contributed by atoms with Crippen molar-refractivity contribution in [1.82, 2.24) is 0 Å². The van der Waals surface area contributed by atoms with Gasteiger partial charge in [-0.1, -0.05) is 12.5 Å². The fraction of sp³-hybridized carbons (Fsp3) is 0.538. The lowest BCUT2D eigenvalue weighted by Gasteiger charge is -2.35. The lowest BCUT2D eigenvalue weighted by molar-refractivity contribution is -0.157. The highest BCUT2D eigenvalue weighted by Crippen LogP contribution is 2.34. The number of esters is 1. The van der Waals surface area contributed by atoms with Crippen LogP contribution >= 0.6 is 0 Å². The van der Waals surface area contributed by atoms with Gasteiger partial charge in [0.15, 0.2) is 0 Å². The zero-order valence-electron chi connectivity index (χ0n) is 9.85. The first-order chi connectivity index (χ1) is 8.08. The molecule has 0 aromatic rings. The predicted molar refractivity (Wildman–Crippen MR) is 63.5 cm³/mol. The fourth-order valence-corrected chi connectivity index (χ4v) is 2.19. The van der Waals surface area contributed by atoms with Gasteiger partial charge in [0.1, 0.15) is 5.60 Å². The third-order valence-corrected chi connectivity index (χ3v) is 2.96. The summed E-state index contributed by atoms with van der Waals surface area (Å²) in [5.74, 6) is -1.74. The molecule has 0 radical (unpaired) electrons. The van der Waals surface area contributed by atoms with Crippen LogP contribution in [0.25, 0.3) is 0 Å². The Morgan fingerprint density at radius 3 is 2.41 bits per heavy atom. The largest absolute Gasteiger partial charge is 0.478 e. The highest BCUT2D eigenvalue weighted by atomic mass is 16.6. The van der Waals surface area contributed by atoms with E-state index in [-0.39, 0.29) is 0 Å². The molecule has 1 aliphatic carbocycles. The van der Waals surface area contributed by atoms with Gasteiger partial charge in [0.05, 0.1) is 0 Å². The molecule has 4 heteroatoms. The summed E-state index contributed by atoms with van der Waals surface area (Å²) in [5.41, 5.74) is -0.472. The average Bonchev–Trinajstić information content (AvgIpc) is 2.28. The summed E-state index contributed by atoms with van der Waals surface area (Å²) < 4.78 is 5.41. The van der Waals surface area contributed by atoms with Gasteiger partial charge in [0.2, 0.25) is 0 Å². The first-order valence-corrected chi connectivity index (χ1v) is 5.83. The molecule has 4 nitrogen and oxygen atoms in total. The highest BCUT2D eigenvalue weighted by Gasteiger charge is 2.34. The molecule has 0 saturated heterocycles. The summed E-state index contributed by atoms with van der Waals surface area (Å²) in [6.07, 6.45) is 9.00. The van der Waals surface area contributed by atoms with Crippen molar-refractivity contribution >= 4 is 11.9 Å². The number of rotatable bonds is 5. The van der Waals surface area contributed by atoms with E-state index in [1.54, 1.807) is 6.08 Å². The summed E-state index contributed by atoms with van der Waals surface area (Å²) in [6, 6.07) is 0. The first-order valence-electron chi connectivity index (χ1n) is 5.83. The van der Waals surface area contributed by atoms with Crippen LogP contribution in [-0.4, -0.2) is 22.6 Å². The van der Waals surface area contributed by atoms with Crippen molar-refractivity contribution in [2.24, 2.45) is 0 Å². The van der Waals surface area contributed by atoms with Crippen molar-refractivity contribution in [2.75, 3.05) is 0 Å². The Morgan fingerprint density at radius 2 is 1.88 bits per heavy atom. The summed E-state index contributed by atoms with van der Waals surface area (Å²) in [7, 11) is 0. The minimum absolute atomic E-state index is 0.472. The molecule has 0 atom stereocenters. The number of carboxylic acid groups (broad SMARTS) is 1. The number of hydrogen-bond acceptors (Lipinski definition) is 3. The Balaban J connectivity index is 2.62.